The lowest BCUT2D eigenvalue weighted by atomic mass is 10.0. The highest BCUT2D eigenvalue weighted by Crippen LogP contribution is 2.29. The first-order valence-corrected chi connectivity index (χ1v) is 9.79. The first-order valence-electron chi connectivity index (χ1n) is 9.79. The number of hydrogen-bond acceptors (Lipinski definition) is 3. The fourth-order valence-electron chi connectivity index (χ4n) is 2.77. The van der Waals surface area contributed by atoms with Crippen LogP contribution in [0.15, 0.2) is 48.5 Å². The molecule has 0 heterocycles. The number of para-hydroxylation sites is 1. The maximum Gasteiger partial charge on any atom is 0.248 e. The molecule has 0 radical (unpaired) electrons. The second-order valence-electron chi connectivity index (χ2n) is 7.51. The Bertz CT molecular complexity index is 809. The van der Waals surface area contributed by atoms with E-state index in [1.165, 1.54) is 6.08 Å². The van der Waals surface area contributed by atoms with E-state index in [0.29, 0.717) is 24.2 Å². The molecule has 4 heteroatoms. The number of nitrogens with one attached hydrogen (secondary N) is 1. The third kappa shape index (κ3) is 6.45. The predicted molar refractivity (Wildman–Crippen MR) is 116 cm³/mol. The molecule has 1 N–H and O–H groups in total. The van der Waals surface area contributed by atoms with Crippen molar-refractivity contribution >= 4 is 17.7 Å². The molecule has 0 aliphatic heterocycles. The van der Waals surface area contributed by atoms with Gasteiger partial charge in [-0.15, -0.1) is 0 Å². The largest absolute Gasteiger partial charge is 0.493 e. The fourth-order valence-corrected chi connectivity index (χ4v) is 2.77. The van der Waals surface area contributed by atoms with Crippen molar-refractivity contribution in [2.24, 2.45) is 5.92 Å². The predicted octanol–water partition coefficient (Wildman–Crippen LogP) is 5.90. The number of carbonyl (C=O) groups is 1. The molecular weight excluding hydrogens is 350 g/mol. The van der Waals surface area contributed by atoms with Gasteiger partial charge in [-0.1, -0.05) is 52.0 Å². The lowest BCUT2D eigenvalue weighted by Crippen LogP contribution is -2.10. The van der Waals surface area contributed by atoms with Crippen molar-refractivity contribution in [2.45, 2.75) is 40.0 Å². The molecule has 0 aromatic heterocycles. The first-order chi connectivity index (χ1) is 13.4. The molecule has 1 amide bonds. The number of ether oxygens (including phenoxy) is 2. The van der Waals surface area contributed by atoms with Crippen LogP contribution in [-0.4, -0.2) is 19.6 Å². The van der Waals surface area contributed by atoms with Crippen LogP contribution < -0.4 is 14.8 Å². The number of hydrogen-bond donors (Lipinski definition) is 1. The molecule has 0 atom stereocenters. The van der Waals surface area contributed by atoms with Gasteiger partial charge in [-0.05, 0) is 53.7 Å². The summed E-state index contributed by atoms with van der Waals surface area (Å²) < 4.78 is 11.2. The Morgan fingerprint density at radius 3 is 2.50 bits per heavy atom. The van der Waals surface area contributed by atoms with Crippen molar-refractivity contribution in [3.05, 3.63) is 59.7 Å². The van der Waals surface area contributed by atoms with Gasteiger partial charge in [-0.25, -0.2) is 0 Å². The molecule has 0 fully saturated rings. The number of amides is 1. The molecule has 0 spiro atoms. The lowest BCUT2D eigenvalue weighted by Gasteiger charge is -2.13. The SMILES string of the molecule is COc1cc(/C=C/C(=O)Nc2ccccc2C(C)C)ccc1OCCC(C)C. The molecule has 150 valence electrons. The molecule has 2 aromatic rings. The molecule has 0 bridgehead atoms. The van der Waals surface area contributed by atoms with Crippen LogP contribution in [-0.2, 0) is 4.79 Å². The van der Waals surface area contributed by atoms with Gasteiger partial charge in [-0.3, -0.25) is 4.79 Å². The van der Waals surface area contributed by atoms with Crippen molar-refractivity contribution in [1.82, 2.24) is 0 Å². The summed E-state index contributed by atoms with van der Waals surface area (Å²) in [6, 6.07) is 13.5. The van der Waals surface area contributed by atoms with Gasteiger partial charge >= 0.3 is 0 Å². The average Bonchev–Trinajstić information content (AvgIpc) is 2.67. The van der Waals surface area contributed by atoms with Crippen LogP contribution >= 0.6 is 0 Å². The first kappa shape index (κ1) is 21.5. The van der Waals surface area contributed by atoms with Crippen LogP contribution in [0.25, 0.3) is 6.08 Å². The van der Waals surface area contributed by atoms with E-state index in [1.54, 1.807) is 13.2 Å². The van der Waals surface area contributed by atoms with Gasteiger partial charge < -0.3 is 14.8 Å². The van der Waals surface area contributed by atoms with Gasteiger partial charge in [0.25, 0.3) is 0 Å². The summed E-state index contributed by atoms with van der Waals surface area (Å²) in [7, 11) is 1.62. The number of benzene rings is 2. The van der Waals surface area contributed by atoms with Crippen LogP contribution in [0.3, 0.4) is 0 Å². The van der Waals surface area contributed by atoms with Gasteiger partial charge in [0.1, 0.15) is 0 Å². The van der Waals surface area contributed by atoms with E-state index in [9.17, 15) is 4.79 Å². The summed E-state index contributed by atoms with van der Waals surface area (Å²) in [5, 5.41) is 2.96. The number of anilines is 1. The quantitative estimate of drug-likeness (QED) is 0.551. The normalized spacial score (nSPS) is 11.2. The maximum atomic E-state index is 12.3. The Morgan fingerprint density at radius 1 is 1.07 bits per heavy atom. The van der Waals surface area contributed by atoms with Crippen LogP contribution in [0, 0.1) is 5.92 Å². The van der Waals surface area contributed by atoms with E-state index < -0.39 is 0 Å². The van der Waals surface area contributed by atoms with Crippen LogP contribution in [0.5, 0.6) is 11.5 Å². The van der Waals surface area contributed by atoms with Gasteiger partial charge in [-0.2, -0.15) is 0 Å². The molecule has 2 aromatic carbocycles. The van der Waals surface area contributed by atoms with Gasteiger partial charge in [0.2, 0.25) is 5.91 Å². The van der Waals surface area contributed by atoms with E-state index in [4.69, 9.17) is 9.47 Å². The summed E-state index contributed by atoms with van der Waals surface area (Å²) in [6.45, 7) is 9.20. The standard InChI is InChI=1S/C24H31NO3/c1-17(2)14-15-28-22-12-10-19(16-23(22)27-5)11-13-24(26)25-21-9-7-6-8-20(21)18(3)4/h6-13,16-18H,14-15H2,1-5H3,(H,25,26)/b13-11+. The van der Waals surface area contributed by atoms with Crippen molar-refractivity contribution in [2.75, 3.05) is 19.0 Å². The van der Waals surface area contributed by atoms with Gasteiger partial charge in [0.05, 0.1) is 13.7 Å². The third-order valence-corrected chi connectivity index (χ3v) is 4.41. The number of methoxy groups -OCH3 is 1. The minimum absolute atomic E-state index is 0.163. The van der Waals surface area contributed by atoms with E-state index in [-0.39, 0.29) is 5.91 Å². The topological polar surface area (TPSA) is 47.6 Å². The number of rotatable bonds is 9. The molecule has 0 saturated carbocycles. The second-order valence-corrected chi connectivity index (χ2v) is 7.51. The molecule has 0 aliphatic carbocycles. The van der Waals surface area contributed by atoms with Gasteiger partial charge in [0.15, 0.2) is 11.5 Å². The molecular formula is C24H31NO3. The fraction of sp³-hybridized carbons (Fsp3) is 0.375. The maximum absolute atomic E-state index is 12.3. The summed E-state index contributed by atoms with van der Waals surface area (Å²) in [5.74, 6) is 2.15. The highest BCUT2D eigenvalue weighted by molar-refractivity contribution is 6.02. The zero-order valence-electron chi connectivity index (χ0n) is 17.5. The lowest BCUT2D eigenvalue weighted by molar-refractivity contribution is -0.111. The van der Waals surface area contributed by atoms with Crippen molar-refractivity contribution < 1.29 is 14.3 Å². The second kappa shape index (κ2) is 10.5. The molecule has 0 saturated heterocycles. The molecule has 4 nitrogen and oxygen atoms in total. The molecule has 28 heavy (non-hydrogen) atoms. The van der Waals surface area contributed by atoms with Crippen molar-refractivity contribution in [1.29, 1.82) is 0 Å². The number of carbonyl (C=O) groups excluding carboxylic acids is 1. The monoisotopic (exact) mass is 381 g/mol. The Labute approximate surface area is 168 Å². The van der Waals surface area contributed by atoms with E-state index in [0.717, 1.165) is 29.0 Å². The van der Waals surface area contributed by atoms with Crippen LogP contribution in [0.2, 0.25) is 0 Å². The minimum atomic E-state index is -0.163. The third-order valence-electron chi connectivity index (χ3n) is 4.41. The Hall–Kier alpha value is -2.75. The summed E-state index contributed by atoms with van der Waals surface area (Å²) >= 11 is 0. The zero-order chi connectivity index (χ0) is 20.5. The zero-order valence-corrected chi connectivity index (χ0v) is 17.5. The molecule has 0 unspecified atom stereocenters. The molecule has 2 rings (SSSR count). The van der Waals surface area contributed by atoms with Gasteiger partial charge in [0, 0.05) is 11.8 Å². The van der Waals surface area contributed by atoms with Crippen LogP contribution in [0.1, 0.15) is 51.2 Å². The summed E-state index contributed by atoms with van der Waals surface area (Å²) in [6.07, 6.45) is 4.29. The Kier molecular flexibility index (Phi) is 8.12. The van der Waals surface area contributed by atoms with E-state index in [1.807, 2.05) is 42.5 Å². The highest BCUT2D eigenvalue weighted by Gasteiger charge is 2.08. The smallest absolute Gasteiger partial charge is 0.248 e. The average molecular weight is 382 g/mol. The summed E-state index contributed by atoms with van der Waals surface area (Å²) in [4.78, 5) is 12.3. The van der Waals surface area contributed by atoms with E-state index in [2.05, 4.69) is 33.0 Å². The Balaban J connectivity index is 2.04. The highest BCUT2D eigenvalue weighted by atomic mass is 16.5. The van der Waals surface area contributed by atoms with Crippen molar-refractivity contribution in [3.63, 3.8) is 0 Å². The molecule has 0 aliphatic rings. The Morgan fingerprint density at radius 2 is 1.82 bits per heavy atom. The van der Waals surface area contributed by atoms with Crippen LogP contribution in [0.4, 0.5) is 5.69 Å². The summed E-state index contributed by atoms with van der Waals surface area (Å²) in [5.41, 5.74) is 2.84. The van der Waals surface area contributed by atoms with E-state index >= 15 is 0 Å². The van der Waals surface area contributed by atoms with Crippen molar-refractivity contribution in [3.8, 4) is 11.5 Å². The minimum Gasteiger partial charge on any atom is -0.493 e.